The van der Waals surface area contributed by atoms with Crippen LogP contribution in [-0.4, -0.2) is 23.5 Å². The quantitative estimate of drug-likeness (QED) is 0.920. The second-order valence-electron chi connectivity index (χ2n) is 4.63. The van der Waals surface area contributed by atoms with Gasteiger partial charge in [-0.15, -0.1) is 0 Å². The predicted octanol–water partition coefficient (Wildman–Crippen LogP) is 2.50. The number of carbonyl (C=O) groups is 1. The fourth-order valence-corrected chi connectivity index (χ4v) is 2.42. The summed E-state index contributed by atoms with van der Waals surface area (Å²) < 4.78 is 29.7. The number of amides is 1. The first kappa shape index (κ1) is 16.2. The molecule has 4 nitrogen and oxygen atoms in total. The molecule has 1 amide bonds. The number of methoxy groups -OCH3 is 1. The van der Waals surface area contributed by atoms with Gasteiger partial charge in [0.05, 0.1) is 7.11 Å². The predicted molar refractivity (Wildman–Crippen MR) is 82.9 cm³/mol. The second kappa shape index (κ2) is 7.17. The van der Waals surface area contributed by atoms with Crippen molar-refractivity contribution in [3.8, 4) is 5.75 Å². The minimum absolute atomic E-state index is 0.165. The van der Waals surface area contributed by atoms with Gasteiger partial charge < -0.3 is 10.1 Å². The monoisotopic (exact) mass is 321 g/mol. The molecular formula is C16H16FNO3S. The number of hydrogen-bond donors (Lipinski definition) is 1. The molecule has 0 aliphatic heterocycles. The zero-order valence-electron chi connectivity index (χ0n) is 12.3. The summed E-state index contributed by atoms with van der Waals surface area (Å²) >= 11 is 0. The van der Waals surface area contributed by atoms with E-state index in [0.717, 1.165) is 0 Å². The molecule has 0 saturated heterocycles. The Bertz CT molecular complexity index is 701. The Labute approximate surface area is 130 Å². The number of hydrogen-bond acceptors (Lipinski definition) is 3. The molecule has 6 heteroatoms. The minimum atomic E-state index is -1.08. The fourth-order valence-electron chi connectivity index (χ4n) is 1.90. The van der Waals surface area contributed by atoms with Crippen molar-refractivity contribution in [2.75, 3.05) is 13.4 Å². The molecule has 0 spiro atoms. The Kier molecular flexibility index (Phi) is 5.27. The van der Waals surface area contributed by atoms with Crippen LogP contribution in [0.1, 0.15) is 15.9 Å². The van der Waals surface area contributed by atoms with Crippen molar-refractivity contribution < 1.29 is 18.1 Å². The molecule has 2 rings (SSSR count). The largest absolute Gasteiger partial charge is 0.494 e. The van der Waals surface area contributed by atoms with E-state index >= 15 is 0 Å². The Balaban J connectivity index is 2.00. The van der Waals surface area contributed by atoms with Crippen LogP contribution in [0.15, 0.2) is 47.4 Å². The Hall–Kier alpha value is -2.21. The van der Waals surface area contributed by atoms with Crippen molar-refractivity contribution in [1.29, 1.82) is 0 Å². The third kappa shape index (κ3) is 3.92. The number of rotatable bonds is 5. The van der Waals surface area contributed by atoms with Crippen LogP contribution in [0.4, 0.5) is 4.39 Å². The molecule has 2 aromatic carbocycles. The van der Waals surface area contributed by atoms with E-state index in [-0.39, 0.29) is 18.2 Å². The van der Waals surface area contributed by atoms with Crippen LogP contribution in [0, 0.1) is 5.82 Å². The number of benzene rings is 2. The second-order valence-corrected chi connectivity index (χ2v) is 6.01. The molecule has 0 fully saturated rings. The zero-order valence-corrected chi connectivity index (χ0v) is 13.1. The van der Waals surface area contributed by atoms with Gasteiger partial charge in [0.2, 0.25) is 0 Å². The van der Waals surface area contributed by atoms with Crippen LogP contribution in [0.3, 0.4) is 0 Å². The molecule has 0 aromatic heterocycles. The van der Waals surface area contributed by atoms with Crippen molar-refractivity contribution in [3.63, 3.8) is 0 Å². The first-order chi connectivity index (χ1) is 10.5. The molecule has 116 valence electrons. The lowest BCUT2D eigenvalue weighted by atomic mass is 10.2. The molecular weight excluding hydrogens is 305 g/mol. The molecule has 0 saturated carbocycles. The van der Waals surface area contributed by atoms with Gasteiger partial charge in [0, 0.05) is 34.1 Å². The van der Waals surface area contributed by atoms with Crippen LogP contribution in [0.25, 0.3) is 0 Å². The molecule has 2 aromatic rings. The van der Waals surface area contributed by atoms with E-state index in [4.69, 9.17) is 4.74 Å². The van der Waals surface area contributed by atoms with Crippen LogP contribution >= 0.6 is 0 Å². The van der Waals surface area contributed by atoms with Crippen molar-refractivity contribution in [2.45, 2.75) is 11.4 Å². The molecule has 0 aliphatic rings. The first-order valence-corrected chi connectivity index (χ1v) is 8.11. The van der Waals surface area contributed by atoms with Crippen LogP contribution in [0.2, 0.25) is 0 Å². The van der Waals surface area contributed by atoms with Gasteiger partial charge in [-0.3, -0.25) is 9.00 Å². The third-order valence-corrected chi connectivity index (χ3v) is 4.05. The van der Waals surface area contributed by atoms with Gasteiger partial charge in [0.25, 0.3) is 5.91 Å². The van der Waals surface area contributed by atoms with Gasteiger partial charge in [-0.2, -0.15) is 0 Å². The number of ether oxygens (including phenoxy) is 1. The Morgan fingerprint density at radius 2 is 1.91 bits per heavy atom. The highest BCUT2D eigenvalue weighted by molar-refractivity contribution is 7.84. The van der Waals surface area contributed by atoms with E-state index in [1.165, 1.54) is 19.2 Å². The lowest BCUT2D eigenvalue weighted by Crippen LogP contribution is -2.22. The molecule has 0 radical (unpaired) electrons. The average molecular weight is 321 g/mol. The highest BCUT2D eigenvalue weighted by Gasteiger charge is 2.08. The normalized spacial score (nSPS) is 11.8. The molecule has 22 heavy (non-hydrogen) atoms. The van der Waals surface area contributed by atoms with E-state index in [2.05, 4.69) is 5.32 Å². The molecule has 1 N–H and O–H groups in total. The highest BCUT2D eigenvalue weighted by Crippen LogP contribution is 2.17. The molecule has 0 bridgehead atoms. The molecule has 1 atom stereocenters. The molecule has 0 aliphatic carbocycles. The summed E-state index contributed by atoms with van der Waals surface area (Å²) in [6.45, 7) is 0.210. The zero-order chi connectivity index (χ0) is 16.1. The van der Waals surface area contributed by atoms with Crippen molar-refractivity contribution >= 4 is 16.7 Å². The smallest absolute Gasteiger partial charge is 0.251 e. The summed E-state index contributed by atoms with van der Waals surface area (Å²) in [5, 5.41) is 2.71. The van der Waals surface area contributed by atoms with Gasteiger partial charge in [0.15, 0.2) is 11.6 Å². The average Bonchev–Trinajstić information content (AvgIpc) is 2.52. The van der Waals surface area contributed by atoms with E-state index in [9.17, 15) is 13.4 Å². The van der Waals surface area contributed by atoms with Gasteiger partial charge in [0.1, 0.15) is 0 Å². The van der Waals surface area contributed by atoms with Crippen LogP contribution < -0.4 is 10.1 Å². The summed E-state index contributed by atoms with van der Waals surface area (Å²) in [7, 11) is 0.321. The lowest BCUT2D eigenvalue weighted by Gasteiger charge is -2.08. The van der Waals surface area contributed by atoms with Crippen molar-refractivity contribution in [1.82, 2.24) is 5.32 Å². The van der Waals surface area contributed by atoms with Gasteiger partial charge in [-0.25, -0.2) is 4.39 Å². The Morgan fingerprint density at radius 1 is 1.23 bits per heavy atom. The minimum Gasteiger partial charge on any atom is -0.494 e. The number of nitrogens with one attached hydrogen (secondary N) is 1. The summed E-state index contributed by atoms with van der Waals surface area (Å²) in [6, 6.07) is 11.0. The number of halogens is 1. The van der Waals surface area contributed by atoms with Crippen molar-refractivity contribution in [2.24, 2.45) is 0 Å². The van der Waals surface area contributed by atoms with Crippen LogP contribution in [0.5, 0.6) is 5.75 Å². The van der Waals surface area contributed by atoms with E-state index < -0.39 is 16.6 Å². The maximum absolute atomic E-state index is 13.6. The van der Waals surface area contributed by atoms with E-state index in [1.807, 2.05) is 0 Å². The standard InChI is InChI=1S/C16H16FNO3S/c1-21-15-8-3-11(9-14(15)17)10-18-16(19)12-4-6-13(7-5-12)22(2)20/h3-9H,10H2,1-2H3,(H,18,19). The lowest BCUT2D eigenvalue weighted by molar-refractivity contribution is 0.0951. The van der Waals surface area contributed by atoms with Crippen LogP contribution in [-0.2, 0) is 17.3 Å². The maximum Gasteiger partial charge on any atom is 0.251 e. The fraction of sp³-hybridized carbons (Fsp3) is 0.188. The van der Waals surface area contributed by atoms with Gasteiger partial charge in [-0.1, -0.05) is 6.07 Å². The van der Waals surface area contributed by atoms with Crippen molar-refractivity contribution in [3.05, 3.63) is 59.4 Å². The van der Waals surface area contributed by atoms with E-state index in [0.29, 0.717) is 16.0 Å². The first-order valence-electron chi connectivity index (χ1n) is 6.55. The summed E-state index contributed by atoms with van der Waals surface area (Å²) in [4.78, 5) is 12.7. The third-order valence-electron chi connectivity index (χ3n) is 3.12. The van der Waals surface area contributed by atoms with E-state index in [1.54, 1.807) is 36.6 Å². The number of carbonyl (C=O) groups excluding carboxylic acids is 1. The molecule has 1 unspecified atom stereocenters. The molecule has 0 heterocycles. The van der Waals surface area contributed by atoms with Gasteiger partial charge >= 0.3 is 0 Å². The topological polar surface area (TPSA) is 55.4 Å². The SMILES string of the molecule is COc1ccc(CNC(=O)c2ccc(S(C)=O)cc2)cc1F. The summed E-state index contributed by atoms with van der Waals surface area (Å²) in [5.74, 6) is -0.577. The maximum atomic E-state index is 13.6. The summed E-state index contributed by atoms with van der Waals surface area (Å²) in [6.07, 6.45) is 1.58. The Morgan fingerprint density at radius 3 is 2.45 bits per heavy atom. The van der Waals surface area contributed by atoms with Gasteiger partial charge in [-0.05, 0) is 42.0 Å². The highest BCUT2D eigenvalue weighted by atomic mass is 32.2. The summed E-state index contributed by atoms with van der Waals surface area (Å²) in [5.41, 5.74) is 1.10.